The van der Waals surface area contributed by atoms with Crippen LogP contribution >= 0.6 is 0 Å². The molecule has 3 aromatic rings. The Labute approximate surface area is 192 Å². The lowest BCUT2D eigenvalue weighted by molar-refractivity contribution is -0.140. The van der Waals surface area contributed by atoms with Crippen molar-refractivity contribution >= 4 is 17.4 Å². The number of halogens is 3. The van der Waals surface area contributed by atoms with Crippen LogP contribution in [0.1, 0.15) is 28.4 Å². The van der Waals surface area contributed by atoms with Gasteiger partial charge in [0.05, 0.1) is 23.9 Å². The second-order valence-corrected chi connectivity index (χ2v) is 7.61. The minimum Gasteiger partial charge on any atom is -0.507 e. The molecular weight excluding hydrogens is 449 g/mol. The van der Waals surface area contributed by atoms with E-state index in [1.54, 1.807) is 36.4 Å². The second-order valence-electron chi connectivity index (χ2n) is 7.61. The Morgan fingerprint density at radius 3 is 2.50 bits per heavy atom. The van der Waals surface area contributed by atoms with Crippen LogP contribution in [0.2, 0.25) is 0 Å². The van der Waals surface area contributed by atoms with E-state index in [4.69, 9.17) is 4.74 Å². The lowest BCUT2D eigenvalue weighted by atomic mass is 9.98. The van der Waals surface area contributed by atoms with Crippen molar-refractivity contribution in [3.8, 4) is 5.75 Å². The van der Waals surface area contributed by atoms with Gasteiger partial charge < -0.3 is 14.7 Å². The molecule has 2 aromatic carbocycles. The van der Waals surface area contributed by atoms with Gasteiger partial charge in [-0.15, -0.1) is 0 Å². The monoisotopic (exact) mass is 468 g/mol. The highest BCUT2D eigenvalue weighted by molar-refractivity contribution is 6.46. The molecule has 1 saturated heterocycles. The SMILES string of the molecule is COc1cccc(/C(O)=C2\C(=O)C(=O)N(Cc3cccc(C(F)(F)F)c3)C2c2ccccn2)c1. The lowest BCUT2D eigenvalue weighted by Gasteiger charge is -2.25. The second kappa shape index (κ2) is 9.01. The summed E-state index contributed by atoms with van der Waals surface area (Å²) in [5.41, 5.74) is -0.356. The van der Waals surface area contributed by atoms with Crippen LogP contribution in [0.3, 0.4) is 0 Å². The molecule has 1 aliphatic heterocycles. The van der Waals surface area contributed by atoms with E-state index < -0.39 is 35.2 Å². The predicted molar refractivity (Wildman–Crippen MR) is 117 cm³/mol. The molecule has 34 heavy (non-hydrogen) atoms. The summed E-state index contributed by atoms with van der Waals surface area (Å²) in [6.07, 6.45) is -3.10. The standard InChI is InChI=1S/C25H19F3N2O4/c1-34-18-9-5-7-16(13-18)22(31)20-21(19-10-2-3-11-29-19)30(24(33)23(20)32)14-15-6-4-8-17(12-15)25(26,27)28/h2-13,21,31H,14H2,1H3/b22-20+. The van der Waals surface area contributed by atoms with E-state index in [2.05, 4.69) is 4.98 Å². The number of hydrogen-bond donors (Lipinski definition) is 1. The summed E-state index contributed by atoms with van der Waals surface area (Å²) in [4.78, 5) is 31.4. The van der Waals surface area contributed by atoms with Gasteiger partial charge in [-0.25, -0.2) is 0 Å². The third-order valence-corrected chi connectivity index (χ3v) is 5.46. The Kier molecular flexibility index (Phi) is 6.10. The molecule has 0 aliphatic carbocycles. The molecule has 174 valence electrons. The van der Waals surface area contributed by atoms with Crippen LogP contribution in [0.25, 0.3) is 5.76 Å². The quantitative estimate of drug-likeness (QED) is 0.333. The first-order valence-electron chi connectivity index (χ1n) is 10.2. The number of ether oxygens (including phenoxy) is 1. The molecule has 2 heterocycles. The highest BCUT2D eigenvalue weighted by atomic mass is 19.4. The number of hydrogen-bond acceptors (Lipinski definition) is 5. The fourth-order valence-electron chi connectivity index (χ4n) is 3.86. The van der Waals surface area contributed by atoms with Crippen LogP contribution in [0, 0.1) is 0 Å². The number of carbonyl (C=O) groups excluding carboxylic acids is 2. The van der Waals surface area contributed by atoms with Gasteiger partial charge in [0.25, 0.3) is 11.7 Å². The molecule has 1 N–H and O–H groups in total. The Hall–Kier alpha value is -4.14. The molecule has 1 unspecified atom stereocenters. The van der Waals surface area contributed by atoms with Gasteiger partial charge in [-0.05, 0) is 42.0 Å². The summed E-state index contributed by atoms with van der Waals surface area (Å²) in [6.45, 7) is -0.287. The zero-order valence-corrected chi connectivity index (χ0v) is 17.9. The first-order chi connectivity index (χ1) is 16.2. The van der Waals surface area contributed by atoms with Crippen molar-refractivity contribution < 1.29 is 32.6 Å². The van der Waals surface area contributed by atoms with Gasteiger partial charge in [-0.2, -0.15) is 13.2 Å². The van der Waals surface area contributed by atoms with Gasteiger partial charge in [0.15, 0.2) is 0 Å². The van der Waals surface area contributed by atoms with E-state index in [1.165, 1.54) is 31.5 Å². The maximum absolute atomic E-state index is 13.2. The molecule has 0 bridgehead atoms. The number of aliphatic hydroxyl groups excluding tert-OH is 1. The maximum Gasteiger partial charge on any atom is 0.416 e. The van der Waals surface area contributed by atoms with Crippen LogP contribution in [0.4, 0.5) is 13.2 Å². The summed E-state index contributed by atoms with van der Waals surface area (Å²) in [6, 6.07) is 14.6. The summed E-state index contributed by atoms with van der Waals surface area (Å²) in [7, 11) is 1.45. The van der Waals surface area contributed by atoms with Crippen molar-refractivity contribution in [2.24, 2.45) is 0 Å². The average Bonchev–Trinajstić information content (AvgIpc) is 3.08. The van der Waals surface area contributed by atoms with Gasteiger partial charge in [0, 0.05) is 18.3 Å². The fraction of sp³-hybridized carbons (Fsp3) is 0.160. The van der Waals surface area contributed by atoms with Crippen LogP contribution < -0.4 is 4.74 Å². The fourth-order valence-corrected chi connectivity index (χ4v) is 3.86. The summed E-state index contributed by atoms with van der Waals surface area (Å²) < 4.78 is 44.7. The van der Waals surface area contributed by atoms with Crippen molar-refractivity contribution in [2.45, 2.75) is 18.8 Å². The van der Waals surface area contributed by atoms with Crippen LogP contribution in [0.15, 0.2) is 78.5 Å². The first-order valence-corrected chi connectivity index (χ1v) is 10.2. The van der Waals surface area contributed by atoms with Crippen molar-refractivity contribution in [3.05, 3.63) is 101 Å². The number of aromatic nitrogens is 1. The molecule has 4 rings (SSSR count). The number of rotatable bonds is 5. The number of methoxy groups -OCH3 is 1. The van der Waals surface area contributed by atoms with E-state index >= 15 is 0 Å². The number of carbonyl (C=O) groups is 2. The van der Waals surface area contributed by atoms with E-state index in [-0.39, 0.29) is 28.9 Å². The largest absolute Gasteiger partial charge is 0.507 e. The molecule has 0 spiro atoms. The number of pyridine rings is 1. The zero-order chi connectivity index (χ0) is 24.5. The zero-order valence-electron chi connectivity index (χ0n) is 17.9. The van der Waals surface area contributed by atoms with Crippen molar-refractivity contribution in [3.63, 3.8) is 0 Å². The van der Waals surface area contributed by atoms with Gasteiger partial charge in [-0.1, -0.05) is 30.3 Å². The molecule has 9 heteroatoms. The normalized spacial score (nSPS) is 17.8. The third-order valence-electron chi connectivity index (χ3n) is 5.46. The summed E-state index contributed by atoms with van der Waals surface area (Å²) in [5.74, 6) is -1.91. The molecule has 0 saturated carbocycles. The Bertz CT molecular complexity index is 1270. The minimum absolute atomic E-state index is 0.180. The Balaban J connectivity index is 1.83. The number of Topliss-reactive ketones (excluding diaryl/α,β-unsaturated/α-hetero) is 1. The van der Waals surface area contributed by atoms with E-state index in [0.717, 1.165) is 17.0 Å². The molecule has 1 fully saturated rings. The Morgan fingerprint density at radius 1 is 1.06 bits per heavy atom. The van der Waals surface area contributed by atoms with E-state index in [1.807, 2.05) is 0 Å². The number of aliphatic hydroxyl groups is 1. The molecule has 1 aromatic heterocycles. The molecule has 6 nitrogen and oxygen atoms in total. The lowest BCUT2D eigenvalue weighted by Crippen LogP contribution is -2.29. The van der Waals surface area contributed by atoms with Gasteiger partial charge in [-0.3, -0.25) is 14.6 Å². The van der Waals surface area contributed by atoms with Crippen molar-refractivity contribution in [2.75, 3.05) is 7.11 Å². The van der Waals surface area contributed by atoms with Crippen LogP contribution in [0.5, 0.6) is 5.75 Å². The predicted octanol–water partition coefficient (Wildman–Crippen LogP) is 4.73. The number of likely N-dealkylation sites (tertiary alicyclic amines) is 1. The van der Waals surface area contributed by atoms with Gasteiger partial charge >= 0.3 is 6.18 Å². The van der Waals surface area contributed by atoms with E-state index in [0.29, 0.717) is 5.75 Å². The van der Waals surface area contributed by atoms with E-state index in [9.17, 15) is 27.9 Å². The number of alkyl halides is 3. The molecule has 1 amide bonds. The number of ketones is 1. The Morgan fingerprint density at radius 2 is 1.82 bits per heavy atom. The highest BCUT2D eigenvalue weighted by Crippen LogP contribution is 2.40. The molecule has 1 atom stereocenters. The van der Waals surface area contributed by atoms with Crippen LogP contribution in [-0.4, -0.2) is 33.8 Å². The highest BCUT2D eigenvalue weighted by Gasteiger charge is 2.47. The van der Waals surface area contributed by atoms with Gasteiger partial charge in [0.2, 0.25) is 0 Å². The third kappa shape index (κ3) is 4.36. The molecular formula is C25H19F3N2O4. The molecule has 0 radical (unpaired) electrons. The van der Waals surface area contributed by atoms with Gasteiger partial charge in [0.1, 0.15) is 17.6 Å². The first kappa shape index (κ1) is 23.0. The van der Waals surface area contributed by atoms with Crippen molar-refractivity contribution in [1.29, 1.82) is 0 Å². The topological polar surface area (TPSA) is 79.7 Å². The average molecular weight is 468 g/mol. The summed E-state index contributed by atoms with van der Waals surface area (Å²) >= 11 is 0. The number of benzene rings is 2. The smallest absolute Gasteiger partial charge is 0.416 e. The van der Waals surface area contributed by atoms with Crippen molar-refractivity contribution in [1.82, 2.24) is 9.88 Å². The minimum atomic E-state index is -4.56. The number of amides is 1. The number of nitrogens with zero attached hydrogens (tertiary/aromatic N) is 2. The van der Waals surface area contributed by atoms with Crippen LogP contribution in [-0.2, 0) is 22.3 Å². The maximum atomic E-state index is 13.2. The summed E-state index contributed by atoms with van der Waals surface area (Å²) in [5, 5.41) is 11.0. The molecule has 1 aliphatic rings.